The van der Waals surface area contributed by atoms with E-state index in [2.05, 4.69) is 5.32 Å². The van der Waals surface area contributed by atoms with Crippen molar-refractivity contribution >= 4 is 5.91 Å². The lowest BCUT2D eigenvalue weighted by Crippen LogP contribution is -2.67. The maximum Gasteiger partial charge on any atom is 0.239 e. The van der Waals surface area contributed by atoms with E-state index < -0.39 is 5.60 Å². The van der Waals surface area contributed by atoms with Gasteiger partial charge in [-0.2, -0.15) is 0 Å². The molecule has 3 fully saturated rings. The topological polar surface area (TPSA) is 52.6 Å². The van der Waals surface area contributed by atoms with E-state index in [1.807, 2.05) is 4.90 Å². The summed E-state index contributed by atoms with van der Waals surface area (Å²) in [7, 11) is 0. The van der Waals surface area contributed by atoms with Gasteiger partial charge in [0.1, 0.15) is 5.60 Å². The third kappa shape index (κ3) is 1.74. The normalized spacial score (nSPS) is 33.3. The van der Waals surface area contributed by atoms with Gasteiger partial charge in [0.25, 0.3) is 0 Å². The molecule has 1 saturated carbocycles. The van der Waals surface area contributed by atoms with Crippen LogP contribution in [0.2, 0.25) is 0 Å². The molecule has 0 aromatic heterocycles. The van der Waals surface area contributed by atoms with E-state index in [-0.39, 0.29) is 11.9 Å². The van der Waals surface area contributed by atoms with Crippen LogP contribution >= 0.6 is 0 Å². The van der Waals surface area contributed by atoms with Crippen molar-refractivity contribution in [2.45, 2.75) is 43.7 Å². The lowest BCUT2D eigenvalue weighted by Gasteiger charge is -2.48. The van der Waals surface area contributed by atoms with Crippen LogP contribution in [0.3, 0.4) is 0 Å². The molecule has 0 aromatic carbocycles. The minimum atomic E-state index is -0.537. The summed E-state index contributed by atoms with van der Waals surface area (Å²) in [6.45, 7) is 2.08. The van der Waals surface area contributed by atoms with E-state index in [4.69, 9.17) is 0 Å². The second-order valence-electron chi connectivity index (χ2n) is 5.57. The predicted octanol–water partition coefficient (Wildman–Crippen LogP) is 0.112. The number of carbonyl (C=O) groups excluding carboxylic acids is 1. The molecule has 2 aliphatic heterocycles. The second kappa shape index (κ2) is 3.70. The van der Waals surface area contributed by atoms with Crippen LogP contribution in [0.25, 0.3) is 0 Å². The molecule has 90 valence electrons. The highest BCUT2D eigenvalue weighted by molar-refractivity contribution is 5.83. The Hall–Kier alpha value is -0.610. The number of carbonyl (C=O) groups is 1. The third-order valence-corrected chi connectivity index (χ3v) is 4.19. The standard InChI is InChI=1S/C12H20N2O2/c15-11(10-3-1-2-6-13-10)14-7-12(16,8-14)9-4-5-9/h9-10,13,16H,1-8H2/t10-/m1/s1. The number of amides is 1. The predicted molar refractivity (Wildman–Crippen MR) is 59.9 cm³/mol. The molecule has 0 unspecified atom stereocenters. The maximum absolute atomic E-state index is 12.1. The first-order valence-electron chi connectivity index (χ1n) is 6.44. The third-order valence-electron chi connectivity index (χ3n) is 4.19. The number of nitrogens with one attached hydrogen (secondary N) is 1. The zero-order valence-electron chi connectivity index (χ0n) is 9.61. The van der Waals surface area contributed by atoms with Crippen molar-refractivity contribution in [3.63, 3.8) is 0 Å². The van der Waals surface area contributed by atoms with Crippen LogP contribution < -0.4 is 5.32 Å². The number of piperidine rings is 1. The minimum Gasteiger partial charge on any atom is -0.386 e. The molecule has 4 nitrogen and oxygen atoms in total. The smallest absolute Gasteiger partial charge is 0.239 e. The summed E-state index contributed by atoms with van der Waals surface area (Å²) in [6.07, 6.45) is 5.55. The number of rotatable bonds is 2. The Morgan fingerprint density at radius 2 is 2.00 bits per heavy atom. The summed E-state index contributed by atoms with van der Waals surface area (Å²) in [5.41, 5.74) is -0.537. The van der Waals surface area contributed by atoms with Gasteiger partial charge < -0.3 is 15.3 Å². The van der Waals surface area contributed by atoms with Crippen LogP contribution in [0.15, 0.2) is 0 Å². The first-order chi connectivity index (χ1) is 7.69. The monoisotopic (exact) mass is 224 g/mol. The number of β-amino-alcohol motifs (C(OH)–C–C–N with tert-alkyl or cyclic N) is 1. The molecule has 3 rings (SSSR count). The molecule has 16 heavy (non-hydrogen) atoms. The zero-order valence-corrected chi connectivity index (χ0v) is 9.61. The Morgan fingerprint density at radius 3 is 2.56 bits per heavy atom. The molecule has 1 amide bonds. The molecule has 2 N–H and O–H groups in total. The second-order valence-corrected chi connectivity index (χ2v) is 5.57. The van der Waals surface area contributed by atoms with E-state index in [0.717, 1.165) is 32.2 Å². The van der Waals surface area contributed by atoms with Gasteiger partial charge in [0, 0.05) is 0 Å². The van der Waals surface area contributed by atoms with E-state index in [1.165, 1.54) is 6.42 Å². The van der Waals surface area contributed by atoms with Crippen LogP contribution in [-0.2, 0) is 4.79 Å². The molecule has 2 heterocycles. The maximum atomic E-state index is 12.1. The van der Waals surface area contributed by atoms with Gasteiger partial charge in [0.15, 0.2) is 0 Å². The van der Waals surface area contributed by atoms with Crippen LogP contribution in [0, 0.1) is 5.92 Å². The summed E-state index contributed by atoms with van der Waals surface area (Å²) >= 11 is 0. The molecule has 1 atom stereocenters. The van der Waals surface area contributed by atoms with Gasteiger partial charge >= 0.3 is 0 Å². The zero-order chi connectivity index (χ0) is 11.2. The van der Waals surface area contributed by atoms with Gasteiger partial charge in [-0.15, -0.1) is 0 Å². The van der Waals surface area contributed by atoms with E-state index in [1.54, 1.807) is 0 Å². The van der Waals surface area contributed by atoms with Crippen LogP contribution in [0.4, 0.5) is 0 Å². The highest BCUT2D eigenvalue weighted by Gasteiger charge is 2.53. The summed E-state index contributed by atoms with van der Waals surface area (Å²) < 4.78 is 0. The Bertz CT molecular complexity index is 289. The highest BCUT2D eigenvalue weighted by Crippen LogP contribution is 2.44. The molecule has 4 heteroatoms. The summed E-state index contributed by atoms with van der Waals surface area (Å²) in [5, 5.41) is 13.4. The number of likely N-dealkylation sites (tertiary alicyclic amines) is 1. The van der Waals surface area contributed by atoms with Gasteiger partial charge in [-0.25, -0.2) is 0 Å². The first-order valence-corrected chi connectivity index (χ1v) is 6.44. The van der Waals surface area contributed by atoms with Gasteiger partial charge in [-0.05, 0) is 38.1 Å². The summed E-state index contributed by atoms with van der Waals surface area (Å²) in [4.78, 5) is 13.9. The van der Waals surface area contributed by atoms with Crippen molar-refractivity contribution < 1.29 is 9.90 Å². The van der Waals surface area contributed by atoms with Crippen molar-refractivity contribution in [2.75, 3.05) is 19.6 Å². The van der Waals surface area contributed by atoms with Crippen molar-refractivity contribution in [1.29, 1.82) is 0 Å². The molecule has 0 spiro atoms. The Morgan fingerprint density at radius 1 is 1.25 bits per heavy atom. The van der Waals surface area contributed by atoms with Crippen molar-refractivity contribution in [1.82, 2.24) is 10.2 Å². The highest BCUT2D eigenvalue weighted by atomic mass is 16.3. The molecule has 0 aromatic rings. The number of aliphatic hydroxyl groups is 1. The molecule has 2 saturated heterocycles. The molecule has 3 aliphatic rings. The Labute approximate surface area is 96.0 Å². The molecule has 0 bridgehead atoms. The number of hydrogen-bond donors (Lipinski definition) is 2. The van der Waals surface area contributed by atoms with E-state index in [9.17, 15) is 9.90 Å². The number of nitrogens with zero attached hydrogens (tertiary/aromatic N) is 1. The minimum absolute atomic E-state index is 0.0116. The van der Waals surface area contributed by atoms with Gasteiger partial charge in [0.2, 0.25) is 5.91 Å². The summed E-state index contributed by atoms with van der Waals surface area (Å²) in [5.74, 6) is 0.667. The Kier molecular flexibility index (Phi) is 2.44. The van der Waals surface area contributed by atoms with Gasteiger partial charge in [-0.3, -0.25) is 4.79 Å². The average Bonchev–Trinajstić information content (AvgIpc) is 3.09. The molecule has 1 aliphatic carbocycles. The fraction of sp³-hybridized carbons (Fsp3) is 0.917. The fourth-order valence-electron chi connectivity index (χ4n) is 2.93. The molecule has 0 radical (unpaired) electrons. The average molecular weight is 224 g/mol. The van der Waals surface area contributed by atoms with Gasteiger partial charge in [-0.1, -0.05) is 6.42 Å². The molecular formula is C12H20N2O2. The molecular weight excluding hydrogens is 204 g/mol. The fourth-order valence-corrected chi connectivity index (χ4v) is 2.93. The van der Waals surface area contributed by atoms with Crippen LogP contribution in [-0.4, -0.2) is 47.2 Å². The van der Waals surface area contributed by atoms with E-state index in [0.29, 0.717) is 19.0 Å². The lowest BCUT2D eigenvalue weighted by molar-refractivity contribution is -0.161. The first kappa shape index (κ1) is 10.5. The van der Waals surface area contributed by atoms with Crippen molar-refractivity contribution in [3.05, 3.63) is 0 Å². The quantitative estimate of drug-likeness (QED) is 0.700. The largest absolute Gasteiger partial charge is 0.386 e. The Balaban J connectivity index is 1.53. The van der Waals surface area contributed by atoms with Crippen molar-refractivity contribution in [3.8, 4) is 0 Å². The summed E-state index contributed by atoms with van der Waals surface area (Å²) in [6, 6.07) is 0.0116. The van der Waals surface area contributed by atoms with Crippen molar-refractivity contribution in [2.24, 2.45) is 5.92 Å². The van der Waals surface area contributed by atoms with E-state index >= 15 is 0 Å². The SMILES string of the molecule is O=C([C@H]1CCCCN1)N1CC(O)(C2CC2)C1. The van der Waals surface area contributed by atoms with Gasteiger partial charge in [0.05, 0.1) is 19.1 Å². The lowest BCUT2D eigenvalue weighted by atomic mass is 9.87. The van der Waals surface area contributed by atoms with Crippen LogP contribution in [0.5, 0.6) is 0 Å². The number of hydrogen-bond acceptors (Lipinski definition) is 3. The van der Waals surface area contributed by atoms with Crippen LogP contribution in [0.1, 0.15) is 32.1 Å².